The van der Waals surface area contributed by atoms with Crippen molar-refractivity contribution in [2.45, 2.75) is 64.1 Å². The number of hydrogen-bond acceptors (Lipinski definition) is 4. The maximum absolute atomic E-state index is 5.57. The molecule has 3 heterocycles. The van der Waals surface area contributed by atoms with Crippen LogP contribution in [0.1, 0.15) is 46.0 Å². The largest absolute Gasteiger partial charge is 0.478 e. The molecule has 2 aliphatic rings. The van der Waals surface area contributed by atoms with Crippen molar-refractivity contribution in [1.82, 2.24) is 10.3 Å². The molecule has 4 heteroatoms. The molecular formula is C17H27N3O. The number of piperidine rings is 1. The molecule has 4 nitrogen and oxygen atoms in total. The van der Waals surface area contributed by atoms with Crippen LogP contribution in [0.3, 0.4) is 0 Å². The molecule has 0 radical (unpaired) electrons. The number of hydrogen-bond donors (Lipinski definition) is 1. The highest BCUT2D eigenvalue weighted by atomic mass is 16.5. The van der Waals surface area contributed by atoms with E-state index in [1.807, 2.05) is 13.0 Å². The average Bonchev–Trinajstić information content (AvgIpc) is 2.84. The molecule has 2 fully saturated rings. The van der Waals surface area contributed by atoms with Gasteiger partial charge in [-0.05, 0) is 45.1 Å². The fourth-order valence-electron chi connectivity index (χ4n) is 3.80. The average molecular weight is 289 g/mol. The molecule has 2 saturated heterocycles. The number of pyridine rings is 1. The lowest BCUT2D eigenvalue weighted by Gasteiger charge is -2.38. The number of nitrogens with zero attached hydrogens (tertiary/aromatic N) is 2. The van der Waals surface area contributed by atoms with Gasteiger partial charge in [-0.15, -0.1) is 0 Å². The van der Waals surface area contributed by atoms with Gasteiger partial charge in [0.1, 0.15) is 5.82 Å². The lowest BCUT2D eigenvalue weighted by atomic mass is 9.98. The Morgan fingerprint density at radius 1 is 1.24 bits per heavy atom. The first kappa shape index (κ1) is 14.6. The van der Waals surface area contributed by atoms with Crippen molar-refractivity contribution >= 4 is 5.82 Å². The van der Waals surface area contributed by atoms with Crippen LogP contribution in [0, 0.1) is 0 Å². The number of nitrogens with one attached hydrogen (secondary N) is 1. The summed E-state index contributed by atoms with van der Waals surface area (Å²) < 4.78 is 5.57. The summed E-state index contributed by atoms with van der Waals surface area (Å²) in [5.41, 5.74) is 0. The highest BCUT2D eigenvalue weighted by Crippen LogP contribution is 2.32. The fourth-order valence-corrected chi connectivity index (χ4v) is 3.80. The minimum absolute atomic E-state index is 0.619. The van der Waals surface area contributed by atoms with Gasteiger partial charge in [0.2, 0.25) is 5.88 Å². The van der Waals surface area contributed by atoms with Gasteiger partial charge < -0.3 is 15.0 Å². The van der Waals surface area contributed by atoms with Gasteiger partial charge in [-0.2, -0.15) is 4.98 Å². The Labute approximate surface area is 127 Å². The van der Waals surface area contributed by atoms with E-state index in [1.165, 1.54) is 25.7 Å². The van der Waals surface area contributed by atoms with Crippen LogP contribution in [-0.4, -0.2) is 36.3 Å². The van der Waals surface area contributed by atoms with E-state index >= 15 is 0 Å². The number of fused-ring (bicyclic) bond motifs is 2. The third-order valence-electron chi connectivity index (χ3n) is 4.65. The van der Waals surface area contributed by atoms with Crippen LogP contribution in [0.4, 0.5) is 5.82 Å². The standard InChI is InChI=1S/C17H27N3O/c1-3-10-20(15-11-13-8-9-14(12-15)18-13)16-6-5-7-17(19-16)21-4-2/h5-7,13-15,18H,3-4,8-12H2,1-2H3. The molecule has 2 aliphatic heterocycles. The first-order valence-electron chi connectivity index (χ1n) is 8.42. The monoisotopic (exact) mass is 289 g/mol. The summed E-state index contributed by atoms with van der Waals surface area (Å²) in [6.07, 6.45) is 6.33. The zero-order valence-electron chi connectivity index (χ0n) is 13.2. The van der Waals surface area contributed by atoms with Crippen molar-refractivity contribution in [3.05, 3.63) is 18.2 Å². The minimum Gasteiger partial charge on any atom is -0.478 e. The predicted octanol–water partition coefficient (Wildman–Crippen LogP) is 2.98. The molecule has 0 aliphatic carbocycles. The molecule has 0 saturated carbocycles. The second-order valence-electron chi connectivity index (χ2n) is 6.22. The summed E-state index contributed by atoms with van der Waals surface area (Å²) in [5, 5.41) is 3.73. The molecular weight excluding hydrogens is 262 g/mol. The summed E-state index contributed by atoms with van der Waals surface area (Å²) in [6, 6.07) is 8.18. The molecule has 0 spiro atoms. The number of anilines is 1. The summed E-state index contributed by atoms with van der Waals surface area (Å²) in [5.74, 6) is 1.82. The zero-order chi connectivity index (χ0) is 14.7. The number of aromatic nitrogens is 1. The van der Waals surface area contributed by atoms with Crippen LogP contribution in [0.25, 0.3) is 0 Å². The summed E-state index contributed by atoms with van der Waals surface area (Å²) in [4.78, 5) is 7.22. The van der Waals surface area contributed by atoms with E-state index in [1.54, 1.807) is 0 Å². The molecule has 2 atom stereocenters. The fraction of sp³-hybridized carbons (Fsp3) is 0.706. The van der Waals surface area contributed by atoms with Gasteiger partial charge in [-0.1, -0.05) is 13.0 Å². The van der Waals surface area contributed by atoms with Crippen LogP contribution in [0.5, 0.6) is 5.88 Å². The van der Waals surface area contributed by atoms with Crippen molar-refractivity contribution in [2.24, 2.45) is 0 Å². The second kappa shape index (κ2) is 6.65. The second-order valence-corrected chi connectivity index (χ2v) is 6.22. The smallest absolute Gasteiger partial charge is 0.215 e. The quantitative estimate of drug-likeness (QED) is 0.873. The summed E-state index contributed by atoms with van der Waals surface area (Å²) in [6.45, 7) is 5.99. The summed E-state index contributed by atoms with van der Waals surface area (Å²) >= 11 is 0. The Hall–Kier alpha value is -1.29. The Morgan fingerprint density at radius 3 is 2.67 bits per heavy atom. The van der Waals surface area contributed by atoms with Crippen molar-refractivity contribution < 1.29 is 4.74 Å². The lowest BCUT2D eigenvalue weighted by Crippen LogP contribution is -2.49. The topological polar surface area (TPSA) is 37.4 Å². The Balaban J connectivity index is 1.78. The lowest BCUT2D eigenvalue weighted by molar-refractivity contribution is 0.324. The molecule has 0 aromatic carbocycles. The highest BCUT2D eigenvalue weighted by Gasteiger charge is 2.36. The van der Waals surface area contributed by atoms with E-state index < -0.39 is 0 Å². The van der Waals surface area contributed by atoms with Gasteiger partial charge in [0, 0.05) is 30.7 Å². The first-order chi connectivity index (χ1) is 10.3. The van der Waals surface area contributed by atoms with Crippen molar-refractivity contribution in [2.75, 3.05) is 18.1 Å². The molecule has 1 aromatic heterocycles. The van der Waals surface area contributed by atoms with Crippen LogP contribution >= 0.6 is 0 Å². The number of rotatable bonds is 6. The molecule has 21 heavy (non-hydrogen) atoms. The molecule has 1 aromatic rings. The van der Waals surface area contributed by atoms with Crippen LogP contribution in [0.2, 0.25) is 0 Å². The van der Waals surface area contributed by atoms with Gasteiger partial charge >= 0.3 is 0 Å². The highest BCUT2D eigenvalue weighted by molar-refractivity contribution is 5.42. The minimum atomic E-state index is 0.619. The van der Waals surface area contributed by atoms with Gasteiger partial charge in [0.05, 0.1) is 6.61 Å². The molecule has 1 N–H and O–H groups in total. The maximum Gasteiger partial charge on any atom is 0.215 e. The molecule has 0 amide bonds. The van der Waals surface area contributed by atoms with E-state index in [-0.39, 0.29) is 0 Å². The number of ether oxygens (including phenoxy) is 1. The predicted molar refractivity (Wildman–Crippen MR) is 86.0 cm³/mol. The molecule has 3 rings (SSSR count). The third-order valence-corrected chi connectivity index (χ3v) is 4.65. The maximum atomic E-state index is 5.57. The van der Waals surface area contributed by atoms with E-state index in [0.29, 0.717) is 24.7 Å². The van der Waals surface area contributed by atoms with Gasteiger partial charge in [-0.3, -0.25) is 0 Å². The van der Waals surface area contributed by atoms with Crippen molar-refractivity contribution in [3.63, 3.8) is 0 Å². The van der Waals surface area contributed by atoms with Crippen LogP contribution < -0.4 is 15.0 Å². The molecule has 2 unspecified atom stereocenters. The Kier molecular flexibility index (Phi) is 4.63. The Morgan fingerprint density at radius 2 is 2.00 bits per heavy atom. The first-order valence-corrected chi connectivity index (χ1v) is 8.42. The van der Waals surface area contributed by atoms with Gasteiger partial charge in [0.15, 0.2) is 0 Å². The van der Waals surface area contributed by atoms with E-state index in [4.69, 9.17) is 9.72 Å². The van der Waals surface area contributed by atoms with Crippen LogP contribution in [-0.2, 0) is 0 Å². The van der Waals surface area contributed by atoms with E-state index in [9.17, 15) is 0 Å². The third kappa shape index (κ3) is 3.31. The zero-order valence-corrected chi connectivity index (χ0v) is 13.2. The summed E-state index contributed by atoms with van der Waals surface area (Å²) in [7, 11) is 0. The van der Waals surface area contributed by atoms with E-state index in [2.05, 4.69) is 29.3 Å². The van der Waals surface area contributed by atoms with Gasteiger partial charge in [-0.25, -0.2) is 0 Å². The molecule has 2 bridgehead atoms. The van der Waals surface area contributed by atoms with E-state index in [0.717, 1.165) is 24.7 Å². The Bertz CT molecular complexity index is 453. The normalized spacial score (nSPS) is 27.6. The molecule has 116 valence electrons. The van der Waals surface area contributed by atoms with Crippen molar-refractivity contribution in [3.8, 4) is 5.88 Å². The van der Waals surface area contributed by atoms with Gasteiger partial charge in [0.25, 0.3) is 0 Å². The van der Waals surface area contributed by atoms with Crippen molar-refractivity contribution in [1.29, 1.82) is 0 Å². The van der Waals surface area contributed by atoms with Crippen LogP contribution in [0.15, 0.2) is 18.2 Å². The SMILES string of the molecule is CCCN(c1cccc(OCC)n1)C1CC2CCC(C1)N2.